The number of hydrogen-bond acceptors (Lipinski definition) is 4. The van der Waals surface area contributed by atoms with Crippen LogP contribution in [0.1, 0.15) is 36.1 Å². The van der Waals surface area contributed by atoms with Crippen LogP contribution < -0.4 is 15.9 Å². The van der Waals surface area contributed by atoms with Crippen LogP contribution in [0.4, 0.5) is 0 Å². The van der Waals surface area contributed by atoms with Crippen LogP contribution in [0.5, 0.6) is 0 Å². The number of hydrogen-bond donors (Lipinski definition) is 0. The highest BCUT2D eigenvalue weighted by Gasteiger charge is 2.77. The Kier molecular flexibility index (Phi) is 4.42. The molecule has 1 unspecified atom stereocenters. The van der Waals surface area contributed by atoms with Gasteiger partial charge in [0.05, 0.1) is 35.3 Å². The van der Waals surface area contributed by atoms with E-state index < -0.39 is 23.6 Å². The van der Waals surface area contributed by atoms with E-state index in [1.807, 2.05) is 13.8 Å². The second-order valence-corrected chi connectivity index (χ2v) is 34.2. The molecule has 0 aliphatic heterocycles. The lowest BCUT2D eigenvalue weighted by Crippen LogP contribution is -2.56. The summed E-state index contributed by atoms with van der Waals surface area (Å²) in [7, 11) is 0. The molecule has 1 atom stereocenters. The first-order chi connectivity index (χ1) is 46.1. The van der Waals surface area contributed by atoms with Gasteiger partial charge in [-0.05, 0) is 355 Å². The third-order valence-corrected chi connectivity index (χ3v) is 33.9. The van der Waals surface area contributed by atoms with Crippen molar-refractivity contribution in [3.8, 4) is 0 Å². The number of carbonyl (C=O) groups excluding carboxylic acids is 2. The normalized spacial score (nSPS) is 20.6. The lowest BCUT2D eigenvalue weighted by molar-refractivity contribution is -0.148. The number of ether oxygens (including phenoxy) is 2. The molecule has 36 rings (SSSR count). The molecule has 0 aromatic heterocycles. The van der Waals surface area contributed by atoms with E-state index in [1.165, 1.54) is 248 Å². The van der Waals surface area contributed by atoms with Crippen LogP contribution >= 0.6 is 6.89 Å². The van der Waals surface area contributed by atoms with E-state index in [0.717, 1.165) is 21.5 Å². The summed E-state index contributed by atoms with van der Waals surface area (Å²) in [4.78, 5) is 34.9. The summed E-state index contributed by atoms with van der Waals surface area (Å²) < 4.78 is 13.9. The molecule has 0 radical (unpaired) electrons. The molecule has 4 nitrogen and oxygen atoms in total. The molecule has 408 valence electrons. The maximum atomic E-state index is 17.6. The Morgan fingerprint density at radius 2 is 0.516 bits per heavy atom. The Balaban J connectivity index is 0.988. The van der Waals surface area contributed by atoms with Crippen molar-refractivity contribution in [2.24, 2.45) is 5.92 Å². The molecule has 0 saturated heterocycles. The summed E-state index contributed by atoms with van der Waals surface area (Å²) >= 11 is 0. The van der Waals surface area contributed by atoms with Gasteiger partial charge < -0.3 is 9.47 Å². The van der Waals surface area contributed by atoms with Crippen molar-refractivity contribution < 1.29 is 19.1 Å². The van der Waals surface area contributed by atoms with Crippen molar-refractivity contribution >= 4 is 331 Å². The average molecular weight is 1180 g/mol. The van der Waals surface area contributed by atoms with Crippen LogP contribution in [-0.4, -0.2) is 30.4 Å². The molecule has 5 aliphatic carbocycles. The first-order valence-electron chi connectivity index (χ1n) is 33.9. The van der Waals surface area contributed by atoms with Gasteiger partial charge in [-0.1, -0.05) is 97.1 Å². The topological polar surface area (TPSA) is 52.6 Å². The van der Waals surface area contributed by atoms with E-state index in [-0.39, 0.29) is 25.2 Å². The number of benzene rings is 21. The van der Waals surface area contributed by atoms with Gasteiger partial charge in [-0.25, -0.2) is 4.79 Å². The Bertz CT molecular complexity index is 8510. The molecule has 93 heavy (non-hydrogen) atoms. The average Bonchev–Trinajstić information content (AvgIpc) is 1.40. The van der Waals surface area contributed by atoms with E-state index in [4.69, 9.17) is 9.47 Å². The number of esters is 2. The summed E-state index contributed by atoms with van der Waals surface area (Å²) in [6, 6.07) is 33.2. The van der Waals surface area contributed by atoms with Crippen molar-refractivity contribution in [1.82, 2.24) is 0 Å². The molecule has 31 aromatic carbocycles. The molecular formula is C88H27O4P. The van der Waals surface area contributed by atoms with Crippen LogP contribution in [-0.2, 0) is 29.9 Å². The Labute approximate surface area is 515 Å². The fourth-order valence-corrected chi connectivity index (χ4v) is 33.4. The van der Waals surface area contributed by atoms with Crippen LogP contribution in [0.25, 0.3) is 291 Å². The molecule has 0 heterocycles. The monoisotopic (exact) mass is 1180 g/mol. The molecule has 0 saturated carbocycles. The molecule has 0 fully saturated rings. The minimum absolute atomic E-state index is 0.193. The van der Waals surface area contributed by atoms with Gasteiger partial charge in [-0.3, -0.25) is 4.79 Å². The third kappa shape index (κ3) is 2.57. The van der Waals surface area contributed by atoms with Gasteiger partial charge in [-0.2, -0.15) is 0 Å². The highest BCUT2D eigenvalue weighted by Crippen LogP contribution is 2.87. The zero-order valence-corrected chi connectivity index (χ0v) is 49.7. The minimum Gasteiger partial charge on any atom is -0.466 e. The number of rotatable bonds is 8. The van der Waals surface area contributed by atoms with Crippen LogP contribution in [0.2, 0.25) is 0 Å². The van der Waals surface area contributed by atoms with Gasteiger partial charge in [0.1, 0.15) is 0 Å². The second kappa shape index (κ2) is 10.3. The lowest BCUT2D eigenvalue weighted by atomic mass is 9.46. The zero-order valence-electron chi connectivity index (χ0n) is 48.8. The van der Waals surface area contributed by atoms with E-state index >= 15 is 9.59 Å². The van der Waals surface area contributed by atoms with Crippen molar-refractivity contribution in [3.63, 3.8) is 0 Å². The first kappa shape index (κ1) is 40.1. The molecule has 0 N–H and O–H groups in total. The van der Waals surface area contributed by atoms with Gasteiger partial charge >= 0.3 is 11.9 Å². The van der Waals surface area contributed by atoms with Crippen molar-refractivity contribution in [2.75, 3.05) is 13.2 Å². The van der Waals surface area contributed by atoms with E-state index in [1.54, 1.807) is 64.6 Å². The maximum absolute atomic E-state index is 17.6. The molecule has 5 aliphatic rings. The Morgan fingerprint density at radius 3 is 0.742 bits per heavy atom. The Hall–Kier alpha value is -10.9. The summed E-state index contributed by atoms with van der Waals surface area (Å²) in [5, 5.41) is 84.6. The van der Waals surface area contributed by atoms with Gasteiger partial charge in [0, 0.05) is 0 Å². The molecule has 5 heteroatoms. The van der Waals surface area contributed by atoms with Crippen LogP contribution in [0, 0.1) is 5.92 Å². The standard InChI is InChI=1S/C88H27O4P/c1-3-91-85(89)25-20-24(84(86(90)92-4-2)93(21-14-8-5-9-15-21,22-16-10-6-11-17-22)23-18-12-7-13-19-23)87-80-72-64-54-44-36-28-26-27-30-34-32(28)40-48-42(34)52-46-38(30)39-31(27)35-33-29(26)37(36)45-51-41(33)49-43(35)53-47(39)57-56(46)66-60(52)70-62(48)68(58(64)50(40)44)74(80)78(70)82-76(66)77-67(57)61(53)71-63(49)69-59(51)65(55(45)54)73(72)81(87)75(69)79(71)83(77)88(25,82)87/h5-20,25H,3-4H2,1-2H3. The first-order valence-corrected chi connectivity index (χ1v) is 35.7. The highest BCUT2D eigenvalue weighted by atomic mass is 31.2. The maximum Gasteiger partial charge on any atom is 0.339 e. The second-order valence-electron chi connectivity index (χ2n) is 30.9. The largest absolute Gasteiger partial charge is 0.466 e. The van der Waals surface area contributed by atoms with Crippen molar-refractivity contribution in [1.29, 1.82) is 0 Å². The predicted molar refractivity (Wildman–Crippen MR) is 389 cm³/mol. The summed E-state index contributed by atoms with van der Waals surface area (Å²) in [6.07, 6.45) is 2.44. The van der Waals surface area contributed by atoms with Crippen LogP contribution in [0.3, 0.4) is 0 Å². The Morgan fingerprint density at radius 1 is 0.301 bits per heavy atom. The van der Waals surface area contributed by atoms with Gasteiger partial charge in [0.2, 0.25) is 0 Å². The summed E-state index contributed by atoms with van der Waals surface area (Å²) in [5.41, 5.74) is 4.17. The van der Waals surface area contributed by atoms with Crippen molar-refractivity contribution in [2.45, 2.75) is 24.7 Å². The van der Waals surface area contributed by atoms with Gasteiger partial charge in [0.15, 0.2) is 0 Å². The highest BCUT2D eigenvalue weighted by molar-refractivity contribution is 7.96. The van der Waals surface area contributed by atoms with E-state index in [2.05, 4.69) is 97.1 Å². The molecule has 2 spiro atoms. The fourth-order valence-electron chi connectivity index (χ4n) is 28.9. The van der Waals surface area contributed by atoms with Gasteiger partial charge in [-0.15, -0.1) is 0 Å². The molecule has 0 bridgehead atoms. The van der Waals surface area contributed by atoms with E-state index in [0.29, 0.717) is 5.29 Å². The summed E-state index contributed by atoms with van der Waals surface area (Å²) in [5.74, 6) is -1.33. The van der Waals surface area contributed by atoms with E-state index in [9.17, 15) is 0 Å². The smallest absolute Gasteiger partial charge is 0.339 e. The van der Waals surface area contributed by atoms with Crippen molar-refractivity contribution in [3.05, 3.63) is 125 Å². The summed E-state index contributed by atoms with van der Waals surface area (Å²) in [6.45, 7) is 1.04. The minimum atomic E-state index is -3.38. The molecule has 31 aromatic rings. The fraction of sp³-hybridized carbons (Fsp3) is 0.0795. The van der Waals surface area contributed by atoms with Gasteiger partial charge in [0.25, 0.3) is 0 Å². The SMILES string of the molecule is CCOC(=O)C(C1=CC(C(=O)OCC)C23c4c5c6c7c8c9c(c%10c%11c2c2c4c4c%12c5c5c6c6c8c8c%13c9c9c%10c%10c%11c%11c2c2c4c4c%12c%12c5c5c6c8c6c8c%13c9c9c%10c%10c%11c2c2c4c4c%12c5c6c5c8c9c%10c2c45)C173)=P(c1ccccc1)(c1ccccc1)c1ccccc1. The molecular weight excluding hydrogens is 1150 g/mol. The lowest BCUT2D eigenvalue weighted by Gasteiger charge is -2.54. The number of carbonyl (C=O) groups is 2. The predicted octanol–water partition coefficient (Wildman–Crippen LogP) is 20.1. The zero-order chi connectivity index (χ0) is 57.7. The molecule has 0 amide bonds. The third-order valence-electron chi connectivity index (χ3n) is 29.6. The van der Waals surface area contributed by atoms with Crippen LogP contribution in [0.15, 0.2) is 103 Å². The quantitative estimate of drug-likeness (QED) is 0.0864.